The fraction of sp³-hybridized carbons (Fsp3) is 0.538. The predicted octanol–water partition coefficient (Wildman–Crippen LogP) is 2.25. The van der Waals surface area contributed by atoms with Crippen LogP contribution in [0.5, 0.6) is 0 Å². The molecular formula is C13H20N2S. The van der Waals surface area contributed by atoms with Gasteiger partial charge in [0, 0.05) is 30.6 Å². The molecule has 0 bridgehead atoms. The number of hydrogen-bond donors (Lipinski definition) is 2. The summed E-state index contributed by atoms with van der Waals surface area (Å²) < 4.78 is 0. The molecule has 0 atom stereocenters. The molecule has 0 amide bonds. The maximum absolute atomic E-state index is 3.50. The average Bonchev–Trinajstić information content (AvgIpc) is 3.13. The molecule has 1 aliphatic rings. The maximum Gasteiger partial charge on any atom is 0.0217 e. The predicted molar refractivity (Wildman–Crippen MR) is 71.0 cm³/mol. The van der Waals surface area contributed by atoms with Crippen LogP contribution in [-0.4, -0.2) is 25.4 Å². The Labute approximate surface area is 102 Å². The van der Waals surface area contributed by atoms with E-state index in [0.29, 0.717) is 0 Å². The molecule has 1 aromatic rings. The van der Waals surface area contributed by atoms with Gasteiger partial charge in [0.2, 0.25) is 0 Å². The summed E-state index contributed by atoms with van der Waals surface area (Å²) in [5.74, 6) is 0. The van der Waals surface area contributed by atoms with Gasteiger partial charge in [-0.2, -0.15) is 0 Å². The van der Waals surface area contributed by atoms with E-state index in [-0.39, 0.29) is 0 Å². The number of thioether (sulfide) groups is 1. The Bertz CT molecular complexity index is 323. The molecule has 2 nitrogen and oxygen atoms in total. The molecule has 2 N–H and O–H groups in total. The van der Waals surface area contributed by atoms with Crippen molar-refractivity contribution in [1.82, 2.24) is 10.6 Å². The molecule has 0 saturated heterocycles. The first-order valence-corrected chi connectivity index (χ1v) is 7.18. The Morgan fingerprint density at radius 2 is 2.06 bits per heavy atom. The summed E-state index contributed by atoms with van der Waals surface area (Å²) in [6.07, 6.45) is 4.87. The quantitative estimate of drug-likeness (QED) is 0.561. The summed E-state index contributed by atoms with van der Waals surface area (Å²) in [5, 5.41) is 6.99. The molecular weight excluding hydrogens is 216 g/mol. The SMILES string of the molecule is CSc1ccccc1CNCCNC1CC1. The molecule has 0 aliphatic heterocycles. The molecule has 0 spiro atoms. The van der Waals surface area contributed by atoms with E-state index in [9.17, 15) is 0 Å². The van der Waals surface area contributed by atoms with Crippen molar-refractivity contribution in [2.75, 3.05) is 19.3 Å². The Morgan fingerprint density at radius 3 is 2.81 bits per heavy atom. The summed E-state index contributed by atoms with van der Waals surface area (Å²) >= 11 is 1.82. The van der Waals surface area contributed by atoms with Crippen LogP contribution in [-0.2, 0) is 6.54 Å². The zero-order chi connectivity index (χ0) is 11.2. The van der Waals surface area contributed by atoms with Crippen LogP contribution in [0.1, 0.15) is 18.4 Å². The Balaban J connectivity index is 1.67. The van der Waals surface area contributed by atoms with E-state index in [0.717, 1.165) is 25.7 Å². The summed E-state index contributed by atoms with van der Waals surface area (Å²) in [4.78, 5) is 1.38. The van der Waals surface area contributed by atoms with Gasteiger partial charge in [-0.1, -0.05) is 18.2 Å². The van der Waals surface area contributed by atoms with Crippen LogP contribution in [0.3, 0.4) is 0 Å². The van der Waals surface area contributed by atoms with E-state index >= 15 is 0 Å². The van der Waals surface area contributed by atoms with Crippen LogP contribution in [0.15, 0.2) is 29.2 Å². The summed E-state index contributed by atoms with van der Waals surface area (Å²) in [6.45, 7) is 3.12. The highest BCUT2D eigenvalue weighted by atomic mass is 32.2. The number of rotatable bonds is 7. The number of benzene rings is 1. The maximum atomic E-state index is 3.50. The minimum atomic E-state index is 0.820. The van der Waals surface area contributed by atoms with E-state index in [1.54, 1.807) is 0 Å². The second-order valence-corrected chi connectivity index (χ2v) is 5.07. The molecule has 2 rings (SSSR count). The fourth-order valence-electron chi connectivity index (χ4n) is 1.72. The molecule has 1 aliphatic carbocycles. The van der Waals surface area contributed by atoms with Gasteiger partial charge in [0.05, 0.1) is 0 Å². The van der Waals surface area contributed by atoms with Gasteiger partial charge in [-0.25, -0.2) is 0 Å². The lowest BCUT2D eigenvalue weighted by Crippen LogP contribution is -2.28. The number of nitrogens with one attached hydrogen (secondary N) is 2. The molecule has 0 unspecified atom stereocenters. The summed E-state index contributed by atoms with van der Waals surface area (Å²) in [5.41, 5.74) is 1.40. The first-order valence-electron chi connectivity index (χ1n) is 5.96. The first-order chi connectivity index (χ1) is 7.90. The summed E-state index contributed by atoms with van der Waals surface area (Å²) in [7, 11) is 0. The van der Waals surface area contributed by atoms with Crippen molar-refractivity contribution < 1.29 is 0 Å². The van der Waals surface area contributed by atoms with Gasteiger partial charge in [-0.3, -0.25) is 0 Å². The molecule has 16 heavy (non-hydrogen) atoms. The van der Waals surface area contributed by atoms with E-state index in [4.69, 9.17) is 0 Å². The van der Waals surface area contributed by atoms with Gasteiger partial charge in [-0.05, 0) is 30.7 Å². The van der Waals surface area contributed by atoms with Crippen LogP contribution in [0.4, 0.5) is 0 Å². The molecule has 1 aromatic carbocycles. The van der Waals surface area contributed by atoms with Gasteiger partial charge in [0.25, 0.3) is 0 Å². The topological polar surface area (TPSA) is 24.1 Å². The third-order valence-electron chi connectivity index (χ3n) is 2.82. The van der Waals surface area contributed by atoms with E-state index in [1.165, 1.54) is 23.3 Å². The van der Waals surface area contributed by atoms with Crippen LogP contribution in [0.2, 0.25) is 0 Å². The second kappa shape index (κ2) is 6.28. The second-order valence-electron chi connectivity index (χ2n) is 4.22. The Hall–Kier alpha value is -0.510. The van der Waals surface area contributed by atoms with Gasteiger partial charge in [0.15, 0.2) is 0 Å². The zero-order valence-electron chi connectivity index (χ0n) is 9.83. The molecule has 3 heteroatoms. The molecule has 1 fully saturated rings. The normalized spacial score (nSPS) is 15.3. The van der Waals surface area contributed by atoms with Crippen molar-refractivity contribution >= 4 is 11.8 Å². The minimum absolute atomic E-state index is 0.820. The smallest absolute Gasteiger partial charge is 0.0217 e. The Morgan fingerprint density at radius 1 is 1.25 bits per heavy atom. The molecule has 1 saturated carbocycles. The van der Waals surface area contributed by atoms with Crippen LogP contribution in [0.25, 0.3) is 0 Å². The number of hydrogen-bond acceptors (Lipinski definition) is 3. The molecule has 0 aromatic heterocycles. The fourth-order valence-corrected chi connectivity index (χ4v) is 2.34. The highest BCUT2D eigenvalue weighted by Gasteiger charge is 2.19. The van der Waals surface area contributed by atoms with Crippen molar-refractivity contribution in [3.63, 3.8) is 0 Å². The highest BCUT2D eigenvalue weighted by Crippen LogP contribution is 2.19. The van der Waals surface area contributed by atoms with Gasteiger partial charge >= 0.3 is 0 Å². The molecule has 0 radical (unpaired) electrons. The zero-order valence-corrected chi connectivity index (χ0v) is 10.6. The standard InChI is InChI=1S/C13H20N2S/c1-16-13-5-3-2-4-11(13)10-14-8-9-15-12-6-7-12/h2-5,12,14-15H,6-10H2,1H3. The lowest BCUT2D eigenvalue weighted by molar-refractivity contribution is 0.606. The van der Waals surface area contributed by atoms with Crippen LogP contribution >= 0.6 is 11.8 Å². The monoisotopic (exact) mass is 236 g/mol. The Kier molecular flexibility index (Phi) is 4.69. The lowest BCUT2D eigenvalue weighted by Gasteiger charge is -2.09. The largest absolute Gasteiger partial charge is 0.313 e. The van der Waals surface area contributed by atoms with Crippen LogP contribution < -0.4 is 10.6 Å². The van der Waals surface area contributed by atoms with Crippen molar-refractivity contribution in [2.24, 2.45) is 0 Å². The van der Waals surface area contributed by atoms with Crippen molar-refractivity contribution in [3.8, 4) is 0 Å². The molecule has 88 valence electrons. The third kappa shape index (κ3) is 3.81. The van der Waals surface area contributed by atoms with E-state index in [1.807, 2.05) is 11.8 Å². The van der Waals surface area contributed by atoms with Gasteiger partial charge < -0.3 is 10.6 Å². The first kappa shape index (κ1) is 12.0. The van der Waals surface area contributed by atoms with Crippen molar-refractivity contribution in [3.05, 3.63) is 29.8 Å². The van der Waals surface area contributed by atoms with Gasteiger partial charge in [-0.15, -0.1) is 11.8 Å². The van der Waals surface area contributed by atoms with Gasteiger partial charge in [0.1, 0.15) is 0 Å². The highest BCUT2D eigenvalue weighted by molar-refractivity contribution is 7.98. The minimum Gasteiger partial charge on any atom is -0.313 e. The lowest BCUT2D eigenvalue weighted by atomic mass is 10.2. The van der Waals surface area contributed by atoms with Crippen LogP contribution in [0, 0.1) is 0 Å². The molecule has 0 heterocycles. The van der Waals surface area contributed by atoms with E-state index in [2.05, 4.69) is 41.2 Å². The van der Waals surface area contributed by atoms with E-state index < -0.39 is 0 Å². The van der Waals surface area contributed by atoms with Crippen molar-refractivity contribution in [1.29, 1.82) is 0 Å². The third-order valence-corrected chi connectivity index (χ3v) is 3.66. The average molecular weight is 236 g/mol. The summed E-state index contributed by atoms with van der Waals surface area (Å²) in [6, 6.07) is 9.42. The van der Waals surface area contributed by atoms with Crippen molar-refractivity contribution in [2.45, 2.75) is 30.3 Å².